The van der Waals surface area contributed by atoms with Gasteiger partial charge in [-0.2, -0.15) is 13.2 Å². The molecule has 112 valence electrons. The molecule has 0 aromatic heterocycles. The first-order chi connectivity index (χ1) is 9.24. The summed E-state index contributed by atoms with van der Waals surface area (Å²) in [4.78, 5) is 12.3. The molecule has 0 atom stereocenters. The Kier molecular flexibility index (Phi) is 5.83. The molecular formula is C13H15ClF3NO2. The summed E-state index contributed by atoms with van der Waals surface area (Å²) in [7, 11) is 0. The number of nitrogens with zero attached hydrogens (tertiary/aromatic N) is 1. The molecule has 7 heteroatoms. The van der Waals surface area contributed by atoms with Gasteiger partial charge in [0.05, 0.1) is 17.1 Å². The lowest BCUT2D eigenvalue weighted by atomic mass is 10.1. The number of carbonyl (C=O) groups is 1. The second kappa shape index (κ2) is 6.95. The Morgan fingerprint density at radius 2 is 2.05 bits per heavy atom. The van der Waals surface area contributed by atoms with Crippen molar-refractivity contribution in [1.82, 2.24) is 4.90 Å². The molecule has 0 aliphatic heterocycles. The van der Waals surface area contributed by atoms with Gasteiger partial charge in [-0.05, 0) is 30.7 Å². The minimum Gasteiger partial charge on any atom is -0.480 e. The molecule has 0 fully saturated rings. The van der Waals surface area contributed by atoms with Gasteiger partial charge in [0.2, 0.25) is 0 Å². The smallest absolute Gasteiger partial charge is 0.417 e. The first-order valence-electron chi connectivity index (χ1n) is 6.03. The van der Waals surface area contributed by atoms with Gasteiger partial charge in [-0.3, -0.25) is 9.69 Å². The molecule has 0 unspecified atom stereocenters. The molecule has 0 radical (unpaired) electrons. The number of rotatable bonds is 6. The fourth-order valence-corrected chi connectivity index (χ4v) is 2.09. The summed E-state index contributed by atoms with van der Waals surface area (Å²) in [6.45, 7) is 2.30. The van der Waals surface area contributed by atoms with E-state index in [2.05, 4.69) is 0 Å². The molecule has 0 bridgehead atoms. The van der Waals surface area contributed by atoms with E-state index in [1.807, 2.05) is 6.92 Å². The van der Waals surface area contributed by atoms with E-state index in [0.717, 1.165) is 6.07 Å². The van der Waals surface area contributed by atoms with Gasteiger partial charge >= 0.3 is 12.1 Å². The van der Waals surface area contributed by atoms with Crippen LogP contribution in [0.1, 0.15) is 24.5 Å². The number of carboxylic acids is 1. The van der Waals surface area contributed by atoms with Crippen molar-refractivity contribution >= 4 is 17.6 Å². The van der Waals surface area contributed by atoms with E-state index in [4.69, 9.17) is 16.7 Å². The van der Waals surface area contributed by atoms with Crippen molar-refractivity contribution in [3.8, 4) is 0 Å². The number of carboxylic acid groups (broad SMARTS) is 1. The van der Waals surface area contributed by atoms with E-state index in [9.17, 15) is 18.0 Å². The van der Waals surface area contributed by atoms with Gasteiger partial charge in [-0.1, -0.05) is 24.6 Å². The molecule has 0 aliphatic carbocycles. The van der Waals surface area contributed by atoms with Crippen molar-refractivity contribution in [2.24, 2.45) is 0 Å². The number of hydrogen-bond acceptors (Lipinski definition) is 2. The molecule has 0 aliphatic rings. The Hall–Kier alpha value is -1.27. The van der Waals surface area contributed by atoms with Crippen molar-refractivity contribution in [1.29, 1.82) is 0 Å². The van der Waals surface area contributed by atoms with Crippen molar-refractivity contribution < 1.29 is 23.1 Å². The molecule has 0 saturated heterocycles. The van der Waals surface area contributed by atoms with E-state index < -0.39 is 17.7 Å². The summed E-state index contributed by atoms with van der Waals surface area (Å²) in [5.41, 5.74) is -0.514. The maximum atomic E-state index is 12.7. The van der Waals surface area contributed by atoms with Crippen LogP contribution in [0.2, 0.25) is 5.02 Å². The number of benzene rings is 1. The molecule has 0 heterocycles. The van der Waals surface area contributed by atoms with Crippen molar-refractivity contribution in [3.05, 3.63) is 34.3 Å². The predicted molar refractivity (Wildman–Crippen MR) is 69.7 cm³/mol. The SMILES string of the molecule is CCCN(CC(=O)O)Cc1ccc(Cl)c(C(F)(F)F)c1. The summed E-state index contributed by atoms with van der Waals surface area (Å²) in [6, 6.07) is 3.62. The molecule has 1 rings (SSSR count). The van der Waals surface area contributed by atoms with Crippen LogP contribution in [-0.2, 0) is 17.5 Å². The monoisotopic (exact) mass is 309 g/mol. The zero-order valence-corrected chi connectivity index (χ0v) is 11.6. The Labute approximate surface area is 120 Å². The number of hydrogen-bond donors (Lipinski definition) is 1. The first-order valence-corrected chi connectivity index (χ1v) is 6.41. The van der Waals surface area contributed by atoms with Gasteiger partial charge in [0, 0.05) is 6.54 Å². The minimum atomic E-state index is -4.52. The van der Waals surface area contributed by atoms with Crippen LogP contribution < -0.4 is 0 Å². The number of halogens is 4. The highest BCUT2D eigenvalue weighted by atomic mass is 35.5. The van der Waals surface area contributed by atoms with E-state index in [1.165, 1.54) is 12.1 Å². The van der Waals surface area contributed by atoms with Gasteiger partial charge in [-0.25, -0.2) is 0 Å². The Morgan fingerprint density at radius 3 is 2.55 bits per heavy atom. The van der Waals surface area contributed by atoms with Crippen LogP contribution in [0.5, 0.6) is 0 Å². The molecule has 20 heavy (non-hydrogen) atoms. The van der Waals surface area contributed by atoms with Crippen LogP contribution in [0.3, 0.4) is 0 Å². The standard InChI is InChI=1S/C13H15ClF3NO2/c1-2-5-18(8-12(19)20)7-9-3-4-11(14)10(6-9)13(15,16)17/h3-4,6H,2,5,7-8H2,1H3,(H,19,20). The summed E-state index contributed by atoms with van der Waals surface area (Å²) < 4.78 is 38.2. The Bertz CT molecular complexity index is 477. The summed E-state index contributed by atoms with van der Waals surface area (Å²) >= 11 is 5.54. The highest BCUT2D eigenvalue weighted by molar-refractivity contribution is 6.31. The Balaban J connectivity index is 2.93. The van der Waals surface area contributed by atoms with Crippen molar-refractivity contribution in [2.75, 3.05) is 13.1 Å². The van der Waals surface area contributed by atoms with Gasteiger partial charge in [0.25, 0.3) is 0 Å². The maximum Gasteiger partial charge on any atom is 0.417 e. The quantitative estimate of drug-likeness (QED) is 0.872. The van der Waals surface area contributed by atoms with E-state index in [0.29, 0.717) is 18.5 Å². The molecule has 0 spiro atoms. The van der Waals surface area contributed by atoms with E-state index in [-0.39, 0.29) is 18.1 Å². The molecular weight excluding hydrogens is 295 g/mol. The summed E-state index contributed by atoms with van der Waals surface area (Å²) in [5, 5.41) is 8.41. The van der Waals surface area contributed by atoms with Crippen LogP contribution in [0.25, 0.3) is 0 Å². The van der Waals surface area contributed by atoms with Gasteiger partial charge in [0.1, 0.15) is 0 Å². The average Bonchev–Trinajstić information content (AvgIpc) is 2.29. The molecule has 1 N–H and O–H groups in total. The van der Waals surface area contributed by atoms with Gasteiger partial charge < -0.3 is 5.11 Å². The third-order valence-electron chi connectivity index (χ3n) is 2.64. The second-order valence-electron chi connectivity index (χ2n) is 4.42. The molecule has 1 aromatic rings. The lowest BCUT2D eigenvalue weighted by molar-refractivity contribution is -0.139. The lowest BCUT2D eigenvalue weighted by Gasteiger charge is -2.20. The average molecular weight is 310 g/mol. The molecule has 3 nitrogen and oxygen atoms in total. The van der Waals surface area contributed by atoms with Gasteiger partial charge in [0.15, 0.2) is 0 Å². The number of aliphatic carboxylic acids is 1. The zero-order chi connectivity index (χ0) is 15.3. The summed E-state index contributed by atoms with van der Waals surface area (Å²) in [5.74, 6) is -1.01. The van der Waals surface area contributed by atoms with Crippen molar-refractivity contribution in [3.63, 3.8) is 0 Å². The maximum absolute atomic E-state index is 12.7. The third kappa shape index (κ3) is 5.02. The topological polar surface area (TPSA) is 40.5 Å². The second-order valence-corrected chi connectivity index (χ2v) is 4.82. The van der Waals surface area contributed by atoms with Gasteiger partial charge in [-0.15, -0.1) is 0 Å². The van der Waals surface area contributed by atoms with Crippen LogP contribution in [0, 0.1) is 0 Å². The summed E-state index contributed by atoms with van der Waals surface area (Å²) in [6.07, 6.45) is -3.80. The highest BCUT2D eigenvalue weighted by Gasteiger charge is 2.33. The Morgan fingerprint density at radius 1 is 1.40 bits per heavy atom. The van der Waals surface area contributed by atoms with Crippen LogP contribution in [0.15, 0.2) is 18.2 Å². The van der Waals surface area contributed by atoms with E-state index in [1.54, 1.807) is 4.90 Å². The van der Waals surface area contributed by atoms with Crippen LogP contribution in [0.4, 0.5) is 13.2 Å². The lowest BCUT2D eigenvalue weighted by Crippen LogP contribution is -2.30. The fourth-order valence-electron chi connectivity index (χ4n) is 1.87. The zero-order valence-electron chi connectivity index (χ0n) is 10.9. The highest BCUT2D eigenvalue weighted by Crippen LogP contribution is 2.35. The molecule has 0 saturated carbocycles. The minimum absolute atomic E-state index is 0.139. The number of alkyl halides is 3. The van der Waals surface area contributed by atoms with Crippen LogP contribution in [-0.4, -0.2) is 29.1 Å². The molecule has 1 aromatic carbocycles. The third-order valence-corrected chi connectivity index (χ3v) is 2.97. The first kappa shape index (κ1) is 16.8. The predicted octanol–water partition coefficient (Wildman–Crippen LogP) is 3.66. The van der Waals surface area contributed by atoms with Crippen molar-refractivity contribution in [2.45, 2.75) is 26.1 Å². The molecule has 0 amide bonds. The van der Waals surface area contributed by atoms with E-state index >= 15 is 0 Å². The van der Waals surface area contributed by atoms with Crippen LogP contribution >= 0.6 is 11.6 Å². The largest absolute Gasteiger partial charge is 0.480 e. The fraction of sp³-hybridized carbons (Fsp3) is 0.462. The normalized spacial score (nSPS) is 11.9.